The van der Waals surface area contributed by atoms with Crippen LogP contribution in [0.15, 0.2) is 0 Å². The molecule has 1 N–H and O–H groups in total. The Morgan fingerprint density at radius 2 is 1.41 bits per heavy atom. The molecule has 0 radical (unpaired) electrons. The molecule has 0 saturated heterocycles. The lowest BCUT2D eigenvalue weighted by atomic mass is 9.79. The van der Waals surface area contributed by atoms with Gasteiger partial charge in [-0.2, -0.15) is 0 Å². The smallest absolute Gasteiger partial charge is 0.00979 e. The summed E-state index contributed by atoms with van der Waals surface area (Å²) in [6.45, 7) is 7.34. The second-order valence-corrected chi connectivity index (χ2v) is 6.89. The van der Waals surface area contributed by atoms with Gasteiger partial charge in [0.05, 0.1) is 0 Å². The van der Waals surface area contributed by atoms with Crippen LogP contribution in [0.25, 0.3) is 0 Å². The summed E-state index contributed by atoms with van der Waals surface area (Å²) in [5.41, 5.74) is 0. The summed E-state index contributed by atoms with van der Waals surface area (Å²) in [5.74, 6) is 2.72. The third kappa shape index (κ3) is 3.71. The monoisotopic (exact) mass is 237 g/mol. The van der Waals surface area contributed by atoms with Crippen LogP contribution in [0.5, 0.6) is 0 Å². The van der Waals surface area contributed by atoms with E-state index in [9.17, 15) is 0 Å². The molecule has 1 nitrogen and oxygen atoms in total. The maximum Gasteiger partial charge on any atom is 0.00979 e. The third-order valence-corrected chi connectivity index (χ3v) is 5.25. The van der Waals surface area contributed by atoms with Crippen LogP contribution in [0, 0.1) is 17.8 Å². The van der Waals surface area contributed by atoms with Gasteiger partial charge in [-0.1, -0.05) is 46.5 Å². The van der Waals surface area contributed by atoms with Gasteiger partial charge in [0.1, 0.15) is 0 Å². The summed E-state index contributed by atoms with van der Waals surface area (Å²) in [4.78, 5) is 0. The molecule has 0 amide bonds. The molecule has 0 aromatic heterocycles. The summed E-state index contributed by atoms with van der Waals surface area (Å²) < 4.78 is 0. The molecule has 100 valence electrons. The van der Waals surface area contributed by atoms with E-state index in [1.54, 1.807) is 0 Å². The first-order chi connectivity index (χ1) is 8.16. The lowest BCUT2D eigenvalue weighted by molar-refractivity contribution is 0.192. The van der Waals surface area contributed by atoms with E-state index in [1.165, 1.54) is 51.4 Å². The highest BCUT2D eigenvalue weighted by atomic mass is 15.0. The van der Waals surface area contributed by atoms with Crippen molar-refractivity contribution in [2.24, 2.45) is 17.8 Å². The van der Waals surface area contributed by atoms with Crippen molar-refractivity contribution < 1.29 is 0 Å². The van der Waals surface area contributed by atoms with Crippen molar-refractivity contribution in [2.75, 3.05) is 0 Å². The molecule has 0 bridgehead atoms. The van der Waals surface area contributed by atoms with E-state index in [0.717, 1.165) is 29.8 Å². The average Bonchev–Trinajstić information content (AvgIpc) is 2.50. The van der Waals surface area contributed by atoms with Crippen LogP contribution < -0.4 is 5.32 Å². The Bertz CT molecular complexity index is 226. The Balaban J connectivity index is 1.89. The molecule has 0 aliphatic heterocycles. The second kappa shape index (κ2) is 6.22. The zero-order chi connectivity index (χ0) is 12.3. The lowest BCUT2D eigenvalue weighted by Gasteiger charge is -2.37. The van der Waals surface area contributed by atoms with E-state index in [-0.39, 0.29) is 0 Å². The van der Waals surface area contributed by atoms with Gasteiger partial charge in [-0.05, 0) is 43.4 Å². The number of hydrogen-bond donors (Lipinski definition) is 1. The van der Waals surface area contributed by atoms with E-state index >= 15 is 0 Å². The van der Waals surface area contributed by atoms with E-state index in [0.29, 0.717) is 0 Å². The van der Waals surface area contributed by atoms with E-state index in [4.69, 9.17) is 0 Å². The van der Waals surface area contributed by atoms with E-state index in [2.05, 4.69) is 26.1 Å². The molecule has 0 aromatic carbocycles. The van der Waals surface area contributed by atoms with Crippen molar-refractivity contribution in [3.63, 3.8) is 0 Å². The Kier molecular flexibility index (Phi) is 4.90. The van der Waals surface area contributed by atoms with Gasteiger partial charge in [0.2, 0.25) is 0 Å². The summed E-state index contributed by atoms with van der Waals surface area (Å²) in [5, 5.41) is 4.03. The van der Waals surface area contributed by atoms with Crippen LogP contribution in [-0.2, 0) is 0 Å². The predicted molar refractivity (Wildman–Crippen MR) is 75.1 cm³/mol. The minimum Gasteiger partial charge on any atom is -0.311 e. The molecule has 2 rings (SSSR count). The van der Waals surface area contributed by atoms with Crippen LogP contribution in [0.3, 0.4) is 0 Å². The van der Waals surface area contributed by atoms with Crippen molar-refractivity contribution in [2.45, 2.75) is 84.2 Å². The Labute approximate surface area is 108 Å². The first kappa shape index (κ1) is 13.4. The quantitative estimate of drug-likeness (QED) is 0.703. The molecule has 5 atom stereocenters. The molecule has 2 fully saturated rings. The SMILES string of the molecule is CC1CCC(C)C(NC2CCCCCC2C)C1. The van der Waals surface area contributed by atoms with Crippen molar-refractivity contribution in [1.29, 1.82) is 0 Å². The highest BCUT2D eigenvalue weighted by Crippen LogP contribution is 2.31. The van der Waals surface area contributed by atoms with Crippen molar-refractivity contribution >= 4 is 0 Å². The fourth-order valence-corrected chi connectivity index (χ4v) is 3.78. The maximum absolute atomic E-state index is 4.03. The molecular weight excluding hydrogens is 206 g/mol. The van der Waals surface area contributed by atoms with Gasteiger partial charge in [-0.25, -0.2) is 0 Å². The number of nitrogens with one attached hydrogen (secondary N) is 1. The largest absolute Gasteiger partial charge is 0.311 e. The molecule has 2 saturated carbocycles. The highest BCUT2D eigenvalue weighted by Gasteiger charge is 2.29. The Hall–Kier alpha value is -0.0400. The predicted octanol–water partition coefficient (Wildman–Crippen LogP) is 4.37. The van der Waals surface area contributed by atoms with Gasteiger partial charge in [-0.3, -0.25) is 0 Å². The van der Waals surface area contributed by atoms with Gasteiger partial charge in [0.25, 0.3) is 0 Å². The molecule has 2 aliphatic rings. The summed E-state index contributed by atoms with van der Waals surface area (Å²) >= 11 is 0. The van der Waals surface area contributed by atoms with Crippen molar-refractivity contribution in [1.82, 2.24) is 5.32 Å². The molecular formula is C16H31N. The minimum absolute atomic E-state index is 0.796. The van der Waals surface area contributed by atoms with Gasteiger partial charge >= 0.3 is 0 Å². The zero-order valence-electron chi connectivity index (χ0n) is 12.0. The van der Waals surface area contributed by atoms with Crippen molar-refractivity contribution in [3.8, 4) is 0 Å². The van der Waals surface area contributed by atoms with Crippen molar-refractivity contribution in [3.05, 3.63) is 0 Å². The standard InChI is InChI=1S/C16H31N/c1-12-9-10-14(3)16(11-12)17-15-8-6-4-5-7-13(15)2/h12-17H,4-11H2,1-3H3. The molecule has 2 aliphatic carbocycles. The van der Waals surface area contributed by atoms with Gasteiger partial charge in [-0.15, -0.1) is 0 Å². The minimum atomic E-state index is 0.796. The highest BCUT2D eigenvalue weighted by molar-refractivity contribution is 4.86. The third-order valence-electron chi connectivity index (χ3n) is 5.25. The van der Waals surface area contributed by atoms with Crippen LogP contribution in [0.4, 0.5) is 0 Å². The first-order valence-electron chi connectivity index (χ1n) is 7.93. The number of rotatable bonds is 2. The van der Waals surface area contributed by atoms with E-state index < -0.39 is 0 Å². The topological polar surface area (TPSA) is 12.0 Å². The summed E-state index contributed by atoms with van der Waals surface area (Å²) in [7, 11) is 0. The van der Waals surface area contributed by atoms with Crippen LogP contribution in [0.1, 0.15) is 72.1 Å². The molecule has 0 aromatic rings. The Morgan fingerprint density at radius 1 is 0.706 bits per heavy atom. The van der Waals surface area contributed by atoms with Crippen LogP contribution in [0.2, 0.25) is 0 Å². The molecule has 17 heavy (non-hydrogen) atoms. The fraction of sp³-hybridized carbons (Fsp3) is 1.00. The summed E-state index contributed by atoms with van der Waals surface area (Å²) in [6, 6.07) is 1.60. The van der Waals surface area contributed by atoms with E-state index in [1.807, 2.05) is 0 Å². The molecule has 0 spiro atoms. The van der Waals surface area contributed by atoms with Gasteiger partial charge < -0.3 is 5.32 Å². The normalized spacial score (nSPS) is 44.3. The van der Waals surface area contributed by atoms with Crippen LogP contribution in [-0.4, -0.2) is 12.1 Å². The molecule has 5 unspecified atom stereocenters. The fourth-order valence-electron chi connectivity index (χ4n) is 3.78. The lowest BCUT2D eigenvalue weighted by Crippen LogP contribution is -2.47. The average molecular weight is 237 g/mol. The van der Waals surface area contributed by atoms with Gasteiger partial charge in [0, 0.05) is 12.1 Å². The maximum atomic E-state index is 4.03. The first-order valence-corrected chi connectivity index (χ1v) is 7.93. The zero-order valence-corrected chi connectivity index (χ0v) is 12.0. The second-order valence-electron chi connectivity index (χ2n) is 6.89. The molecule has 1 heteroatoms. The Morgan fingerprint density at radius 3 is 2.24 bits per heavy atom. The number of hydrogen-bond acceptors (Lipinski definition) is 1. The van der Waals surface area contributed by atoms with Gasteiger partial charge in [0.15, 0.2) is 0 Å². The summed E-state index contributed by atoms with van der Waals surface area (Å²) in [6.07, 6.45) is 11.5. The molecule has 0 heterocycles. The van der Waals surface area contributed by atoms with Crippen LogP contribution >= 0.6 is 0 Å².